The van der Waals surface area contributed by atoms with Gasteiger partial charge in [0.25, 0.3) is 0 Å². The molecule has 0 saturated carbocycles. The Balaban J connectivity index is 2.14. The Morgan fingerprint density at radius 1 is 0.655 bits per heavy atom. The van der Waals surface area contributed by atoms with E-state index in [1.54, 1.807) is 0 Å². The van der Waals surface area contributed by atoms with Gasteiger partial charge in [-0.05, 0) is 60.9 Å². The fourth-order valence-electron chi connectivity index (χ4n) is 3.65. The SMILES string of the molecule is CC1(C)OB(C2=C(C#N)C(C#N)=C(C#N)C2B2OC(C)(C)C(C)(C)O2)OC1(C)C. The van der Waals surface area contributed by atoms with E-state index in [0.717, 1.165) is 0 Å². The molecule has 2 fully saturated rings. The van der Waals surface area contributed by atoms with Crippen molar-refractivity contribution in [2.45, 2.75) is 83.6 Å². The summed E-state index contributed by atoms with van der Waals surface area (Å²) in [5.41, 5.74) is -1.88. The van der Waals surface area contributed by atoms with Crippen LogP contribution in [0.4, 0.5) is 0 Å². The monoisotopic (exact) mass is 393 g/mol. The molecule has 0 aromatic carbocycles. The maximum Gasteiger partial charge on any atom is 0.492 e. The van der Waals surface area contributed by atoms with Crippen LogP contribution in [0.1, 0.15) is 55.4 Å². The standard InChI is InChI=1S/C20H25B2N3O4/c1-17(2)18(3,4)27-21(26-17)15-13(10-24)12(9-23)14(11-25)16(15)22-28-19(5,6)20(7,8)29-22/h15H,1-8H3. The largest absolute Gasteiger partial charge is 0.492 e. The van der Waals surface area contributed by atoms with Gasteiger partial charge in [-0.25, -0.2) is 0 Å². The minimum Gasteiger partial charge on any atom is -0.403 e. The lowest BCUT2D eigenvalue weighted by Crippen LogP contribution is -2.41. The lowest BCUT2D eigenvalue weighted by atomic mass is 9.56. The summed E-state index contributed by atoms with van der Waals surface area (Å²) in [6, 6.07) is 6.19. The van der Waals surface area contributed by atoms with E-state index in [1.807, 2.05) is 61.5 Å². The first-order chi connectivity index (χ1) is 13.2. The fourth-order valence-corrected chi connectivity index (χ4v) is 3.65. The topological polar surface area (TPSA) is 108 Å². The van der Waals surface area contributed by atoms with Crippen molar-refractivity contribution in [1.29, 1.82) is 15.8 Å². The molecule has 7 nitrogen and oxygen atoms in total. The van der Waals surface area contributed by atoms with Crippen LogP contribution in [0.3, 0.4) is 0 Å². The van der Waals surface area contributed by atoms with E-state index in [0.29, 0.717) is 5.47 Å². The van der Waals surface area contributed by atoms with Crippen molar-refractivity contribution >= 4 is 14.2 Å². The molecular weight excluding hydrogens is 368 g/mol. The van der Waals surface area contributed by atoms with Crippen molar-refractivity contribution in [2.24, 2.45) is 0 Å². The molecule has 29 heavy (non-hydrogen) atoms. The van der Waals surface area contributed by atoms with E-state index >= 15 is 0 Å². The highest BCUT2D eigenvalue weighted by atomic mass is 16.7. The molecule has 3 rings (SSSR count). The molecule has 1 aliphatic carbocycles. The summed E-state index contributed by atoms with van der Waals surface area (Å²) in [5.74, 6) is -0.764. The Kier molecular flexibility index (Phi) is 4.82. The van der Waals surface area contributed by atoms with Crippen molar-refractivity contribution < 1.29 is 18.6 Å². The Morgan fingerprint density at radius 2 is 1.07 bits per heavy atom. The van der Waals surface area contributed by atoms with Crippen LogP contribution in [0.2, 0.25) is 5.82 Å². The van der Waals surface area contributed by atoms with E-state index in [9.17, 15) is 15.8 Å². The van der Waals surface area contributed by atoms with Crippen LogP contribution in [0.15, 0.2) is 22.2 Å². The number of hydrogen-bond acceptors (Lipinski definition) is 7. The Morgan fingerprint density at radius 3 is 1.45 bits per heavy atom. The number of rotatable bonds is 2. The van der Waals surface area contributed by atoms with Crippen molar-refractivity contribution in [2.75, 3.05) is 0 Å². The second kappa shape index (κ2) is 6.46. The van der Waals surface area contributed by atoms with Gasteiger partial charge in [-0.2, -0.15) is 15.8 Å². The zero-order chi connectivity index (χ0) is 22.0. The molecule has 9 heteroatoms. The van der Waals surface area contributed by atoms with E-state index < -0.39 is 42.5 Å². The summed E-state index contributed by atoms with van der Waals surface area (Å²) in [4.78, 5) is 0. The molecular formula is C20H25B2N3O4. The molecule has 150 valence electrons. The van der Waals surface area contributed by atoms with Crippen LogP contribution in [0.5, 0.6) is 0 Å². The third-order valence-electron chi connectivity index (χ3n) is 6.85. The quantitative estimate of drug-likeness (QED) is 0.663. The highest BCUT2D eigenvalue weighted by Gasteiger charge is 2.62. The van der Waals surface area contributed by atoms with Crippen LogP contribution in [0, 0.1) is 34.0 Å². The smallest absolute Gasteiger partial charge is 0.403 e. The van der Waals surface area contributed by atoms with Crippen LogP contribution >= 0.6 is 0 Å². The van der Waals surface area contributed by atoms with Crippen LogP contribution in [-0.2, 0) is 18.6 Å². The zero-order valence-electron chi connectivity index (χ0n) is 18.2. The first-order valence-electron chi connectivity index (χ1n) is 9.63. The van der Waals surface area contributed by atoms with Crippen LogP contribution in [-0.4, -0.2) is 36.6 Å². The van der Waals surface area contributed by atoms with Gasteiger partial charge in [-0.1, -0.05) is 0 Å². The highest BCUT2D eigenvalue weighted by Crippen LogP contribution is 2.52. The Hall–Kier alpha value is -2.08. The van der Waals surface area contributed by atoms with Gasteiger partial charge in [0.1, 0.15) is 6.07 Å². The Labute approximate surface area is 173 Å². The van der Waals surface area contributed by atoms with E-state index in [1.165, 1.54) is 0 Å². The molecule has 0 aromatic heterocycles. The third-order valence-corrected chi connectivity index (χ3v) is 6.85. The number of allylic oxidation sites excluding steroid dienone is 4. The average Bonchev–Trinajstić information content (AvgIpc) is 3.10. The molecule has 1 unspecified atom stereocenters. The molecule has 2 aliphatic heterocycles. The van der Waals surface area contributed by atoms with Crippen LogP contribution in [0.25, 0.3) is 0 Å². The first-order valence-corrected chi connectivity index (χ1v) is 9.63. The lowest BCUT2D eigenvalue weighted by molar-refractivity contribution is 0.00578. The summed E-state index contributed by atoms with van der Waals surface area (Å²) in [7, 11) is -1.74. The van der Waals surface area contributed by atoms with Crippen molar-refractivity contribution in [3.8, 4) is 18.2 Å². The first kappa shape index (κ1) is 21.6. The molecule has 0 N–H and O–H groups in total. The maximum atomic E-state index is 9.85. The second-order valence-electron chi connectivity index (χ2n) is 9.65. The highest BCUT2D eigenvalue weighted by molar-refractivity contribution is 6.62. The lowest BCUT2D eigenvalue weighted by Gasteiger charge is -2.32. The molecule has 1 atom stereocenters. The summed E-state index contributed by atoms with van der Waals surface area (Å²) in [6.45, 7) is 15.3. The number of nitrogens with zero attached hydrogens (tertiary/aromatic N) is 3. The molecule has 0 aromatic rings. The molecule has 3 aliphatic rings. The molecule has 0 amide bonds. The normalized spacial score (nSPS) is 29.1. The van der Waals surface area contributed by atoms with E-state index in [4.69, 9.17) is 18.6 Å². The maximum absolute atomic E-state index is 9.85. The predicted molar refractivity (Wildman–Crippen MR) is 107 cm³/mol. The minimum absolute atomic E-state index is 0.0272. The summed E-state index contributed by atoms with van der Waals surface area (Å²) in [6.07, 6.45) is 0. The Bertz CT molecular complexity index is 912. The average molecular weight is 393 g/mol. The molecule has 2 heterocycles. The van der Waals surface area contributed by atoms with Gasteiger partial charge in [-0.15, -0.1) is 0 Å². The third kappa shape index (κ3) is 3.03. The summed E-state index contributed by atoms with van der Waals surface area (Å²) >= 11 is 0. The van der Waals surface area contributed by atoms with Gasteiger partial charge in [0.05, 0.1) is 57.1 Å². The fraction of sp³-hybridized carbons (Fsp3) is 0.650. The molecule has 0 spiro atoms. The summed E-state index contributed by atoms with van der Waals surface area (Å²) < 4.78 is 24.7. The molecule has 0 radical (unpaired) electrons. The molecule has 2 saturated heterocycles. The van der Waals surface area contributed by atoms with Crippen LogP contribution < -0.4 is 0 Å². The van der Waals surface area contributed by atoms with E-state index in [-0.39, 0.29) is 16.7 Å². The predicted octanol–water partition coefficient (Wildman–Crippen LogP) is 3.26. The van der Waals surface area contributed by atoms with E-state index in [2.05, 4.69) is 12.1 Å². The number of hydrogen-bond donors (Lipinski definition) is 0. The van der Waals surface area contributed by atoms with Crippen molar-refractivity contribution in [3.63, 3.8) is 0 Å². The zero-order valence-corrected chi connectivity index (χ0v) is 18.2. The minimum atomic E-state index is -0.895. The van der Waals surface area contributed by atoms with Crippen molar-refractivity contribution in [3.05, 3.63) is 22.2 Å². The number of nitriles is 3. The van der Waals surface area contributed by atoms with Crippen molar-refractivity contribution in [1.82, 2.24) is 0 Å². The second-order valence-corrected chi connectivity index (χ2v) is 9.65. The van der Waals surface area contributed by atoms with Gasteiger partial charge in [0.2, 0.25) is 0 Å². The van der Waals surface area contributed by atoms with Gasteiger partial charge in [0, 0.05) is 0 Å². The van der Waals surface area contributed by atoms with Gasteiger partial charge in [0.15, 0.2) is 0 Å². The van der Waals surface area contributed by atoms with Gasteiger partial charge < -0.3 is 18.6 Å². The summed E-state index contributed by atoms with van der Waals surface area (Å²) in [5, 5.41) is 29.4. The van der Waals surface area contributed by atoms with Gasteiger partial charge in [-0.3, -0.25) is 0 Å². The van der Waals surface area contributed by atoms with Gasteiger partial charge >= 0.3 is 14.2 Å². The molecule has 0 bridgehead atoms.